The Morgan fingerprint density at radius 2 is 2.10 bits per heavy atom. The van der Waals surface area contributed by atoms with Crippen molar-refractivity contribution in [2.75, 3.05) is 26.2 Å². The Morgan fingerprint density at radius 1 is 1.28 bits per heavy atom. The number of benzene rings is 1. The first kappa shape index (κ1) is 21.8. The number of carbonyl (C=O) groups is 1. The van der Waals surface area contributed by atoms with Gasteiger partial charge < -0.3 is 10.1 Å². The average molecular weight is 437 g/mol. The number of sulfonamides is 1. The van der Waals surface area contributed by atoms with E-state index in [0.717, 1.165) is 30.6 Å². The lowest BCUT2D eigenvalue weighted by Gasteiger charge is -2.30. The van der Waals surface area contributed by atoms with Gasteiger partial charge in [0.25, 0.3) is 10.0 Å². The maximum atomic E-state index is 12.7. The molecule has 6 nitrogen and oxygen atoms in total. The van der Waals surface area contributed by atoms with E-state index >= 15 is 0 Å². The summed E-state index contributed by atoms with van der Waals surface area (Å²) < 4.78 is 32.8. The van der Waals surface area contributed by atoms with Crippen LogP contribution in [0.2, 0.25) is 0 Å². The zero-order valence-corrected chi connectivity index (χ0v) is 18.3. The average Bonchev–Trinajstić information content (AvgIpc) is 3.28. The predicted octanol–water partition coefficient (Wildman–Crippen LogP) is 3.30. The highest BCUT2D eigenvalue weighted by molar-refractivity contribution is 7.91. The molecule has 158 valence electrons. The van der Waals surface area contributed by atoms with Crippen molar-refractivity contribution >= 4 is 27.3 Å². The highest BCUT2D eigenvalue weighted by Crippen LogP contribution is 2.26. The number of para-hydroxylation sites is 1. The molecular weight excluding hydrogens is 408 g/mol. The fourth-order valence-electron chi connectivity index (χ4n) is 3.55. The number of nitrogens with one attached hydrogen (secondary N) is 1. The standard InChI is InChI=1S/C21H28N2O4S2/c1-2-27-19-11-4-3-8-17(19)9-5-13-22-21(24)18-10-6-14-23(16-18)29(25,26)20-12-7-15-28-20/h3-4,7-8,11-12,15,18H,2,5-6,9-10,13-14,16H2,1H3,(H,22,24)/t18-/m0/s1. The molecule has 8 heteroatoms. The van der Waals surface area contributed by atoms with Crippen LogP contribution in [0.15, 0.2) is 46.0 Å². The van der Waals surface area contributed by atoms with Crippen LogP contribution in [0.5, 0.6) is 5.75 Å². The van der Waals surface area contributed by atoms with Gasteiger partial charge in [-0.25, -0.2) is 8.42 Å². The lowest BCUT2D eigenvalue weighted by Crippen LogP contribution is -2.45. The van der Waals surface area contributed by atoms with Gasteiger partial charge in [0.2, 0.25) is 5.91 Å². The molecule has 0 bridgehead atoms. The number of carbonyl (C=O) groups excluding carboxylic acids is 1. The molecule has 0 radical (unpaired) electrons. The van der Waals surface area contributed by atoms with Gasteiger partial charge in [0.05, 0.1) is 12.5 Å². The van der Waals surface area contributed by atoms with E-state index in [-0.39, 0.29) is 18.4 Å². The molecule has 0 saturated carbocycles. The highest BCUT2D eigenvalue weighted by Gasteiger charge is 2.33. The number of thiophene rings is 1. The normalized spacial score (nSPS) is 17.8. The quantitative estimate of drug-likeness (QED) is 0.612. The summed E-state index contributed by atoms with van der Waals surface area (Å²) in [5.74, 6) is 0.534. The summed E-state index contributed by atoms with van der Waals surface area (Å²) in [6.45, 7) is 3.87. The monoisotopic (exact) mass is 436 g/mol. The van der Waals surface area contributed by atoms with Crippen molar-refractivity contribution in [3.63, 3.8) is 0 Å². The van der Waals surface area contributed by atoms with Crippen LogP contribution in [0.1, 0.15) is 31.7 Å². The van der Waals surface area contributed by atoms with Crippen molar-refractivity contribution < 1.29 is 17.9 Å². The molecule has 1 amide bonds. The van der Waals surface area contributed by atoms with Crippen LogP contribution in [0, 0.1) is 5.92 Å². The van der Waals surface area contributed by atoms with E-state index in [4.69, 9.17) is 4.74 Å². The van der Waals surface area contributed by atoms with Gasteiger partial charge in [-0.1, -0.05) is 24.3 Å². The van der Waals surface area contributed by atoms with Gasteiger partial charge in [-0.15, -0.1) is 11.3 Å². The smallest absolute Gasteiger partial charge is 0.252 e. The molecule has 1 fully saturated rings. The molecule has 1 aliphatic rings. The molecular formula is C21H28N2O4S2. The van der Waals surface area contributed by atoms with Gasteiger partial charge in [-0.05, 0) is 55.7 Å². The summed E-state index contributed by atoms with van der Waals surface area (Å²) in [7, 11) is -3.50. The van der Waals surface area contributed by atoms with Crippen molar-refractivity contribution in [1.29, 1.82) is 0 Å². The van der Waals surface area contributed by atoms with Gasteiger partial charge in [0.15, 0.2) is 0 Å². The van der Waals surface area contributed by atoms with Gasteiger partial charge in [-0.3, -0.25) is 4.79 Å². The minimum absolute atomic E-state index is 0.0610. The van der Waals surface area contributed by atoms with Gasteiger partial charge in [-0.2, -0.15) is 4.31 Å². The van der Waals surface area contributed by atoms with Crippen LogP contribution in [0.3, 0.4) is 0 Å². The number of hydrogen-bond donors (Lipinski definition) is 1. The van der Waals surface area contributed by atoms with Crippen LogP contribution >= 0.6 is 11.3 Å². The van der Waals surface area contributed by atoms with Crippen LogP contribution in [0.25, 0.3) is 0 Å². The van der Waals surface area contributed by atoms with E-state index in [2.05, 4.69) is 5.32 Å². The number of ether oxygens (including phenoxy) is 1. The van der Waals surface area contributed by atoms with Crippen LogP contribution in [-0.2, 0) is 21.2 Å². The number of rotatable bonds is 9. The lowest BCUT2D eigenvalue weighted by molar-refractivity contribution is -0.126. The SMILES string of the molecule is CCOc1ccccc1CCCNC(=O)[C@H]1CCCN(S(=O)(=O)c2cccs2)C1. The van der Waals surface area contributed by atoms with Crippen LogP contribution < -0.4 is 10.1 Å². The minimum atomic E-state index is -3.50. The number of hydrogen-bond acceptors (Lipinski definition) is 5. The first-order valence-corrected chi connectivity index (χ1v) is 12.4. The Morgan fingerprint density at radius 3 is 2.86 bits per heavy atom. The van der Waals surface area contributed by atoms with Gasteiger partial charge in [0, 0.05) is 19.6 Å². The van der Waals surface area contributed by atoms with Gasteiger partial charge >= 0.3 is 0 Å². The molecule has 1 saturated heterocycles. The van der Waals surface area contributed by atoms with Crippen molar-refractivity contribution in [2.24, 2.45) is 5.92 Å². The van der Waals surface area contributed by atoms with Crippen molar-refractivity contribution in [2.45, 2.75) is 36.8 Å². The number of piperidine rings is 1. The summed E-state index contributed by atoms with van der Waals surface area (Å²) in [5, 5.41) is 4.74. The van der Waals surface area contributed by atoms with E-state index in [9.17, 15) is 13.2 Å². The van der Waals surface area contributed by atoms with Crippen molar-refractivity contribution in [3.8, 4) is 5.75 Å². The molecule has 3 rings (SSSR count). The summed E-state index contributed by atoms with van der Waals surface area (Å²) in [4.78, 5) is 12.6. The second-order valence-electron chi connectivity index (χ2n) is 7.07. The molecule has 2 heterocycles. The summed E-state index contributed by atoms with van der Waals surface area (Å²) >= 11 is 1.21. The summed E-state index contributed by atoms with van der Waals surface area (Å²) in [6.07, 6.45) is 3.04. The Hall–Kier alpha value is -1.90. The number of nitrogens with zero attached hydrogens (tertiary/aromatic N) is 1. The molecule has 1 aromatic carbocycles. The summed E-state index contributed by atoms with van der Waals surface area (Å²) in [5.41, 5.74) is 1.13. The van der Waals surface area contributed by atoms with Crippen LogP contribution in [-0.4, -0.2) is 44.9 Å². The molecule has 2 aromatic rings. The molecule has 1 N–H and O–H groups in total. The third-order valence-electron chi connectivity index (χ3n) is 5.04. The molecule has 1 atom stereocenters. The highest BCUT2D eigenvalue weighted by atomic mass is 32.2. The van der Waals surface area contributed by atoms with E-state index in [1.54, 1.807) is 17.5 Å². The van der Waals surface area contributed by atoms with Crippen molar-refractivity contribution in [1.82, 2.24) is 9.62 Å². The van der Waals surface area contributed by atoms with Crippen LogP contribution in [0.4, 0.5) is 0 Å². The number of amides is 1. The fourth-order valence-corrected chi connectivity index (χ4v) is 6.22. The van der Waals surface area contributed by atoms with E-state index in [1.165, 1.54) is 15.6 Å². The summed E-state index contributed by atoms with van der Waals surface area (Å²) in [6, 6.07) is 11.3. The topological polar surface area (TPSA) is 75.7 Å². The molecule has 0 aliphatic carbocycles. The molecule has 0 spiro atoms. The van der Waals surface area contributed by atoms with Crippen molar-refractivity contribution in [3.05, 3.63) is 47.3 Å². The van der Waals surface area contributed by atoms with E-state index in [0.29, 0.717) is 30.3 Å². The second-order valence-corrected chi connectivity index (χ2v) is 10.2. The molecule has 29 heavy (non-hydrogen) atoms. The molecule has 1 aromatic heterocycles. The predicted molar refractivity (Wildman–Crippen MR) is 115 cm³/mol. The number of aryl methyl sites for hydroxylation is 1. The zero-order valence-electron chi connectivity index (χ0n) is 16.7. The van der Waals surface area contributed by atoms with E-state index < -0.39 is 10.0 Å². The minimum Gasteiger partial charge on any atom is -0.494 e. The Bertz CT molecular complexity index is 897. The maximum absolute atomic E-state index is 12.7. The first-order valence-electron chi connectivity index (χ1n) is 10.0. The fraction of sp³-hybridized carbons (Fsp3) is 0.476. The molecule has 0 unspecified atom stereocenters. The Labute approximate surface area is 176 Å². The Kier molecular flexibility index (Phi) is 7.69. The Balaban J connectivity index is 1.48. The van der Waals surface area contributed by atoms with Gasteiger partial charge in [0.1, 0.15) is 9.96 Å². The largest absolute Gasteiger partial charge is 0.494 e. The second kappa shape index (κ2) is 10.2. The third-order valence-corrected chi connectivity index (χ3v) is 8.28. The first-order chi connectivity index (χ1) is 14.0. The van der Waals surface area contributed by atoms with E-state index in [1.807, 2.05) is 31.2 Å². The maximum Gasteiger partial charge on any atom is 0.252 e. The third kappa shape index (κ3) is 5.58. The molecule has 1 aliphatic heterocycles. The lowest BCUT2D eigenvalue weighted by atomic mass is 9.99. The zero-order chi connectivity index (χ0) is 20.7.